The van der Waals surface area contributed by atoms with E-state index in [4.69, 9.17) is 5.73 Å². The Morgan fingerprint density at radius 2 is 2.08 bits per heavy atom. The highest BCUT2D eigenvalue weighted by molar-refractivity contribution is 5.79. The molecule has 1 saturated heterocycles. The van der Waals surface area contributed by atoms with Gasteiger partial charge in [-0.25, -0.2) is 0 Å². The second-order valence-corrected chi connectivity index (χ2v) is 7.36. The largest absolute Gasteiger partial charge is 0.342 e. The van der Waals surface area contributed by atoms with Gasteiger partial charge in [0.2, 0.25) is 5.91 Å². The van der Waals surface area contributed by atoms with Crippen LogP contribution in [0.5, 0.6) is 0 Å². The van der Waals surface area contributed by atoms with E-state index in [2.05, 4.69) is 16.0 Å². The van der Waals surface area contributed by atoms with Crippen molar-refractivity contribution in [1.29, 1.82) is 0 Å². The summed E-state index contributed by atoms with van der Waals surface area (Å²) in [5.74, 6) is 0.474. The Balaban J connectivity index is 1.42. The van der Waals surface area contributed by atoms with Gasteiger partial charge in [0.05, 0.1) is 0 Å². The molecule has 2 fully saturated rings. The highest BCUT2D eigenvalue weighted by Crippen LogP contribution is 2.27. The third-order valence-electron chi connectivity index (χ3n) is 5.69. The molecule has 3 rings (SSSR count). The molecule has 24 heavy (non-hydrogen) atoms. The summed E-state index contributed by atoms with van der Waals surface area (Å²) >= 11 is 0. The summed E-state index contributed by atoms with van der Waals surface area (Å²) in [7, 11) is 1.99. The number of amides is 1. The fourth-order valence-electron chi connectivity index (χ4n) is 4.06. The topological polar surface area (TPSA) is 62.5 Å². The third kappa shape index (κ3) is 4.33. The SMILES string of the molecule is CN(C(=O)C1CCC(N)C1)C1CCN(CCc2ccccn2)CC1. The lowest BCUT2D eigenvalue weighted by molar-refractivity contribution is -0.137. The van der Waals surface area contributed by atoms with E-state index < -0.39 is 0 Å². The molecule has 1 amide bonds. The van der Waals surface area contributed by atoms with E-state index in [1.807, 2.05) is 30.3 Å². The number of nitrogens with two attached hydrogens (primary N) is 1. The van der Waals surface area contributed by atoms with Gasteiger partial charge in [0.25, 0.3) is 0 Å². The van der Waals surface area contributed by atoms with Crippen molar-refractivity contribution in [3.05, 3.63) is 30.1 Å². The first-order valence-electron chi connectivity index (χ1n) is 9.28. The molecule has 1 saturated carbocycles. The van der Waals surface area contributed by atoms with Crippen LogP contribution >= 0.6 is 0 Å². The van der Waals surface area contributed by atoms with E-state index >= 15 is 0 Å². The Kier molecular flexibility index (Phi) is 5.85. The molecule has 2 heterocycles. The molecule has 0 radical (unpaired) electrons. The molecule has 5 nitrogen and oxygen atoms in total. The molecule has 0 aromatic carbocycles. The molecule has 1 aromatic heterocycles. The van der Waals surface area contributed by atoms with Gasteiger partial charge in [-0.3, -0.25) is 9.78 Å². The molecule has 2 aliphatic rings. The molecule has 0 spiro atoms. The minimum Gasteiger partial charge on any atom is -0.342 e. The summed E-state index contributed by atoms with van der Waals surface area (Å²) in [6.07, 6.45) is 7.83. The molecule has 1 aliphatic carbocycles. The zero-order valence-corrected chi connectivity index (χ0v) is 14.7. The van der Waals surface area contributed by atoms with Gasteiger partial charge in [-0.2, -0.15) is 0 Å². The van der Waals surface area contributed by atoms with Crippen molar-refractivity contribution < 1.29 is 4.79 Å². The highest BCUT2D eigenvalue weighted by Gasteiger charge is 2.33. The second kappa shape index (κ2) is 8.08. The predicted molar refractivity (Wildman–Crippen MR) is 95.5 cm³/mol. The molecular formula is C19H30N4O. The van der Waals surface area contributed by atoms with E-state index in [1.165, 1.54) is 0 Å². The van der Waals surface area contributed by atoms with Crippen LogP contribution in [0.25, 0.3) is 0 Å². The zero-order valence-electron chi connectivity index (χ0n) is 14.7. The van der Waals surface area contributed by atoms with Crippen LogP contribution in [0.2, 0.25) is 0 Å². The molecule has 5 heteroatoms. The van der Waals surface area contributed by atoms with Gasteiger partial charge in [0.15, 0.2) is 0 Å². The van der Waals surface area contributed by atoms with Crippen molar-refractivity contribution in [2.45, 2.75) is 50.6 Å². The van der Waals surface area contributed by atoms with Crippen LogP contribution in [0.15, 0.2) is 24.4 Å². The highest BCUT2D eigenvalue weighted by atomic mass is 16.2. The van der Waals surface area contributed by atoms with E-state index in [1.54, 1.807) is 0 Å². The van der Waals surface area contributed by atoms with Crippen LogP contribution in [0.1, 0.15) is 37.8 Å². The fraction of sp³-hybridized carbons (Fsp3) is 0.684. The van der Waals surface area contributed by atoms with Crippen molar-refractivity contribution in [3.63, 3.8) is 0 Å². The number of aromatic nitrogens is 1. The first kappa shape index (κ1) is 17.4. The maximum absolute atomic E-state index is 12.6. The number of carbonyl (C=O) groups excluding carboxylic acids is 1. The van der Waals surface area contributed by atoms with E-state index in [0.29, 0.717) is 11.9 Å². The second-order valence-electron chi connectivity index (χ2n) is 7.36. The lowest BCUT2D eigenvalue weighted by atomic mass is 10.00. The lowest BCUT2D eigenvalue weighted by Gasteiger charge is -2.37. The van der Waals surface area contributed by atoms with E-state index in [0.717, 1.165) is 63.9 Å². The number of carbonyl (C=O) groups is 1. The summed E-state index contributed by atoms with van der Waals surface area (Å²) in [6.45, 7) is 3.19. The van der Waals surface area contributed by atoms with Gasteiger partial charge >= 0.3 is 0 Å². The van der Waals surface area contributed by atoms with Gasteiger partial charge < -0.3 is 15.5 Å². The molecule has 2 N–H and O–H groups in total. The van der Waals surface area contributed by atoms with Crippen molar-refractivity contribution >= 4 is 5.91 Å². The third-order valence-corrected chi connectivity index (χ3v) is 5.69. The van der Waals surface area contributed by atoms with Gasteiger partial charge in [0, 0.05) is 63.0 Å². The summed E-state index contributed by atoms with van der Waals surface area (Å²) in [5, 5.41) is 0. The Bertz CT molecular complexity index is 527. The van der Waals surface area contributed by atoms with Crippen molar-refractivity contribution in [3.8, 4) is 0 Å². The Hall–Kier alpha value is -1.46. The number of rotatable bonds is 5. The summed E-state index contributed by atoms with van der Waals surface area (Å²) in [4.78, 5) is 21.5. The quantitative estimate of drug-likeness (QED) is 0.892. The Morgan fingerprint density at radius 3 is 2.71 bits per heavy atom. The number of likely N-dealkylation sites (tertiary alicyclic amines) is 1. The first-order chi connectivity index (χ1) is 11.6. The average Bonchev–Trinajstić information content (AvgIpc) is 3.06. The van der Waals surface area contributed by atoms with Gasteiger partial charge in [0.1, 0.15) is 0 Å². The predicted octanol–water partition coefficient (Wildman–Crippen LogP) is 1.67. The Labute approximate surface area is 145 Å². The molecule has 132 valence electrons. The van der Waals surface area contributed by atoms with Crippen molar-refractivity contribution in [1.82, 2.24) is 14.8 Å². The molecular weight excluding hydrogens is 300 g/mol. The molecule has 2 unspecified atom stereocenters. The van der Waals surface area contributed by atoms with Crippen LogP contribution in [0.4, 0.5) is 0 Å². The van der Waals surface area contributed by atoms with Crippen molar-refractivity contribution in [2.24, 2.45) is 11.7 Å². The number of nitrogens with zero attached hydrogens (tertiary/aromatic N) is 3. The molecule has 2 atom stereocenters. The number of piperidine rings is 1. The monoisotopic (exact) mass is 330 g/mol. The van der Waals surface area contributed by atoms with Crippen LogP contribution in [0.3, 0.4) is 0 Å². The van der Waals surface area contributed by atoms with Gasteiger partial charge in [-0.05, 0) is 44.2 Å². The number of pyridine rings is 1. The molecule has 1 aromatic rings. The molecule has 0 bridgehead atoms. The van der Waals surface area contributed by atoms with Gasteiger partial charge in [-0.15, -0.1) is 0 Å². The normalized spacial score (nSPS) is 25.8. The zero-order chi connectivity index (χ0) is 16.9. The van der Waals surface area contributed by atoms with Crippen LogP contribution < -0.4 is 5.73 Å². The summed E-state index contributed by atoms with van der Waals surface area (Å²) in [5.41, 5.74) is 7.12. The molecule has 1 aliphatic heterocycles. The first-order valence-corrected chi connectivity index (χ1v) is 9.28. The van der Waals surface area contributed by atoms with Crippen LogP contribution in [-0.4, -0.2) is 59.5 Å². The minimum atomic E-state index is 0.159. The van der Waals surface area contributed by atoms with E-state index in [-0.39, 0.29) is 12.0 Å². The smallest absolute Gasteiger partial charge is 0.225 e. The van der Waals surface area contributed by atoms with Crippen LogP contribution in [-0.2, 0) is 11.2 Å². The summed E-state index contributed by atoms with van der Waals surface area (Å²) < 4.78 is 0. The van der Waals surface area contributed by atoms with Gasteiger partial charge in [-0.1, -0.05) is 6.07 Å². The number of hydrogen-bond donors (Lipinski definition) is 1. The number of hydrogen-bond acceptors (Lipinski definition) is 4. The maximum Gasteiger partial charge on any atom is 0.225 e. The van der Waals surface area contributed by atoms with Crippen LogP contribution in [0, 0.1) is 5.92 Å². The van der Waals surface area contributed by atoms with E-state index in [9.17, 15) is 4.79 Å². The maximum atomic E-state index is 12.6. The fourth-order valence-corrected chi connectivity index (χ4v) is 4.06. The minimum absolute atomic E-state index is 0.159. The van der Waals surface area contributed by atoms with Crippen molar-refractivity contribution in [2.75, 3.05) is 26.7 Å². The standard InChI is InChI=1S/C19H30N4O/c1-22(19(24)15-5-6-16(20)14-15)18-8-12-23(13-9-18)11-7-17-4-2-3-10-21-17/h2-4,10,15-16,18H,5-9,11-14,20H2,1H3. The summed E-state index contributed by atoms with van der Waals surface area (Å²) in [6, 6.07) is 6.70. The lowest BCUT2D eigenvalue weighted by Crippen LogP contribution is -2.47. The Morgan fingerprint density at radius 1 is 1.29 bits per heavy atom. The average molecular weight is 330 g/mol.